The Morgan fingerprint density at radius 3 is 2.95 bits per heavy atom. The molecule has 0 spiro atoms. The minimum Gasteiger partial charge on any atom is -0.403 e. The minimum absolute atomic E-state index is 0.0649. The molecular formula is C12H11N5O2S. The molecule has 1 amide bonds. The molecule has 3 aromatic rings. The fraction of sp³-hybridized carbons (Fsp3) is 0.167. The Labute approximate surface area is 118 Å². The highest BCUT2D eigenvalue weighted by Crippen LogP contribution is 2.22. The average molecular weight is 289 g/mol. The lowest BCUT2D eigenvalue weighted by Crippen LogP contribution is -2.16. The molecule has 102 valence electrons. The molecular weight excluding hydrogens is 278 g/mol. The van der Waals surface area contributed by atoms with Crippen molar-refractivity contribution >= 4 is 23.3 Å². The normalized spacial score (nSPS) is 10.7. The van der Waals surface area contributed by atoms with Crippen LogP contribution < -0.4 is 5.32 Å². The standard InChI is InChI=1S/C12H11N5O2S/c1-7-5-9(17(2)16-7)10(18)13-12-15-14-11(19-12)8-3-4-20-6-8/h3-6H,1-2H3,(H,13,15,18). The van der Waals surface area contributed by atoms with E-state index in [1.54, 1.807) is 13.1 Å². The van der Waals surface area contributed by atoms with Crippen LogP contribution in [0.1, 0.15) is 16.2 Å². The van der Waals surface area contributed by atoms with Crippen molar-refractivity contribution in [3.05, 3.63) is 34.3 Å². The number of nitrogens with zero attached hydrogens (tertiary/aromatic N) is 4. The summed E-state index contributed by atoms with van der Waals surface area (Å²) in [6.45, 7) is 1.82. The van der Waals surface area contributed by atoms with E-state index in [9.17, 15) is 4.79 Å². The first-order chi connectivity index (χ1) is 9.63. The Hall–Kier alpha value is -2.48. The molecule has 0 radical (unpaired) electrons. The molecule has 0 saturated carbocycles. The van der Waals surface area contributed by atoms with E-state index in [1.165, 1.54) is 16.0 Å². The Morgan fingerprint density at radius 2 is 2.30 bits per heavy atom. The molecule has 8 heteroatoms. The third-order valence-electron chi connectivity index (χ3n) is 2.65. The summed E-state index contributed by atoms with van der Waals surface area (Å²) >= 11 is 1.53. The van der Waals surface area contributed by atoms with Crippen molar-refractivity contribution in [2.45, 2.75) is 6.92 Å². The lowest BCUT2D eigenvalue weighted by atomic mass is 10.3. The van der Waals surface area contributed by atoms with Crippen molar-refractivity contribution in [1.82, 2.24) is 20.0 Å². The Bertz CT molecular complexity index is 744. The van der Waals surface area contributed by atoms with E-state index >= 15 is 0 Å². The van der Waals surface area contributed by atoms with Gasteiger partial charge in [0, 0.05) is 18.0 Å². The molecule has 0 aliphatic carbocycles. The van der Waals surface area contributed by atoms with Crippen LogP contribution in [0, 0.1) is 6.92 Å². The average Bonchev–Trinajstić information content (AvgIpc) is 3.09. The van der Waals surface area contributed by atoms with Crippen molar-refractivity contribution in [3.63, 3.8) is 0 Å². The van der Waals surface area contributed by atoms with Gasteiger partial charge in [0.2, 0.25) is 0 Å². The highest BCUT2D eigenvalue weighted by molar-refractivity contribution is 7.08. The molecule has 0 aliphatic rings. The van der Waals surface area contributed by atoms with Gasteiger partial charge < -0.3 is 4.42 Å². The number of rotatable bonds is 3. The maximum Gasteiger partial charge on any atom is 0.322 e. The number of carbonyl (C=O) groups excluding carboxylic acids is 1. The van der Waals surface area contributed by atoms with Crippen LogP contribution >= 0.6 is 11.3 Å². The van der Waals surface area contributed by atoms with Gasteiger partial charge in [0.15, 0.2) is 0 Å². The molecule has 0 fully saturated rings. The van der Waals surface area contributed by atoms with Crippen LogP contribution in [0.2, 0.25) is 0 Å². The first-order valence-corrected chi connectivity index (χ1v) is 6.76. The molecule has 0 aromatic carbocycles. The summed E-state index contributed by atoms with van der Waals surface area (Å²) in [4.78, 5) is 12.0. The van der Waals surface area contributed by atoms with Gasteiger partial charge in [-0.15, -0.1) is 5.10 Å². The van der Waals surface area contributed by atoms with Crippen LogP contribution in [-0.2, 0) is 7.05 Å². The van der Waals surface area contributed by atoms with Gasteiger partial charge in [0.05, 0.1) is 5.69 Å². The van der Waals surface area contributed by atoms with Crippen LogP contribution in [0.3, 0.4) is 0 Å². The molecule has 0 atom stereocenters. The first kappa shape index (κ1) is 12.5. The first-order valence-electron chi connectivity index (χ1n) is 5.81. The molecule has 7 nitrogen and oxygen atoms in total. The van der Waals surface area contributed by atoms with Crippen molar-refractivity contribution in [2.24, 2.45) is 7.05 Å². The topological polar surface area (TPSA) is 85.8 Å². The summed E-state index contributed by atoms with van der Waals surface area (Å²) in [7, 11) is 1.70. The number of aryl methyl sites for hydroxylation is 2. The molecule has 3 heterocycles. The Kier molecular flexibility index (Phi) is 3.07. The third kappa shape index (κ3) is 2.32. The molecule has 3 aromatic heterocycles. The maximum absolute atomic E-state index is 12.0. The number of thiophene rings is 1. The highest BCUT2D eigenvalue weighted by atomic mass is 32.1. The van der Waals surface area contributed by atoms with E-state index in [2.05, 4.69) is 20.6 Å². The predicted molar refractivity (Wildman–Crippen MR) is 73.5 cm³/mol. The molecule has 0 saturated heterocycles. The van der Waals surface area contributed by atoms with Crippen molar-refractivity contribution in [3.8, 4) is 11.5 Å². The van der Waals surface area contributed by atoms with Crippen molar-refractivity contribution in [2.75, 3.05) is 5.32 Å². The number of nitrogens with one attached hydrogen (secondary N) is 1. The van der Waals surface area contributed by atoms with E-state index in [4.69, 9.17) is 4.42 Å². The molecule has 0 unspecified atom stereocenters. The summed E-state index contributed by atoms with van der Waals surface area (Å²) < 4.78 is 6.89. The van der Waals surface area contributed by atoms with Gasteiger partial charge in [-0.1, -0.05) is 5.10 Å². The zero-order valence-corrected chi connectivity index (χ0v) is 11.6. The second kappa shape index (κ2) is 4.89. The number of carbonyl (C=O) groups is 1. The minimum atomic E-state index is -0.339. The summed E-state index contributed by atoms with van der Waals surface area (Å²) in [5.41, 5.74) is 2.03. The summed E-state index contributed by atoms with van der Waals surface area (Å²) in [6, 6.07) is 3.62. The van der Waals surface area contributed by atoms with Gasteiger partial charge in [-0.3, -0.25) is 14.8 Å². The zero-order valence-electron chi connectivity index (χ0n) is 10.8. The number of hydrogen-bond acceptors (Lipinski definition) is 6. The highest BCUT2D eigenvalue weighted by Gasteiger charge is 2.16. The smallest absolute Gasteiger partial charge is 0.322 e. The maximum atomic E-state index is 12.0. The largest absolute Gasteiger partial charge is 0.403 e. The zero-order chi connectivity index (χ0) is 14.1. The van der Waals surface area contributed by atoms with Gasteiger partial charge in [0.25, 0.3) is 11.8 Å². The molecule has 1 N–H and O–H groups in total. The molecule has 3 rings (SSSR count). The second-order valence-electron chi connectivity index (χ2n) is 4.17. The van der Waals surface area contributed by atoms with Crippen LogP contribution in [0.5, 0.6) is 0 Å². The monoisotopic (exact) mass is 289 g/mol. The van der Waals surface area contributed by atoms with Gasteiger partial charge >= 0.3 is 6.01 Å². The fourth-order valence-electron chi connectivity index (χ4n) is 1.76. The predicted octanol–water partition coefficient (Wildman–Crippen LogP) is 2.09. The Morgan fingerprint density at radius 1 is 1.45 bits per heavy atom. The van der Waals surface area contributed by atoms with E-state index in [-0.39, 0.29) is 11.9 Å². The second-order valence-corrected chi connectivity index (χ2v) is 4.95. The van der Waals surface area contributed by atoms with Gasteiger partial charge in [-0.05, 0) is 24.4 Å². The molecule has 0 bridgehead atoms. The fourth-order valence-corrected chi connectivity index (χ4v) is 2.39. The van der Waals surface area contributed by atoms with Gasteiger partial charge in [0.1, 0.15) is 5.69 Å². The quantitative estimate of drug-likeness (QED) is 0.798. The van der Waals surface area contributed by atoms with Crippen LogP contribution in [0.4, 0.5) is 6.01 Å². The third-order valence-corrected chi connectivity index (χ3v) is 3.33. The van der Waals surface area contributed by atoms with E-state index in [0.717, 1.165) is 11.3 Å². The molecule has 20 heavy (non-hydrogen) atoms. The number of aromatic nitrogens is 4. The lowest BCUT2D eigenvalue weighted by molar-refractivity contribution is 0.101. The number of anilines is 1. The van der Waals surface area contributed by atoms with E-state index < -0.39 is 0 Å². The van der Waals surface area contributed by atoms with Crippen LogP contribution in [0.25, 0.3) is 11.5 Å². The van der Waals surface area contributed by atoms with E-state index in [0.29, 0.717) is 11.6 Å². The summed E-state index contributed by atoms with van der Waals surface area (Å²) in [5, 5.41) is 18.2. The lowest BCUT2D eigenvalue weighted by Gasteiger charge is -1.99. The number of hydrogen-bond donors (Lipinski definition) is 1. The van der Waals surface area contributed by atoms with Crippen molar-refractivity contribution in [1.29, 1.82) is 0 Å². The summed E-state index contributed by atoms with van der Waals surface area (Å²) in [5.74, 6) is 0.0383. The Balaban J connectivity index is 1.78. The van der Waals surface area contributed by atoms with Crippen LogP contribution in [0.15, 0.2) is 27.3 Å². The number of amides is 1. The van der Waals surface area contributed by atoms with E-state index in [1.807, 2.05) is 23.8 Å². The SMILES string of the molecule is Cc1cc(C(=O)Nc2nnc(-c3ccsc3)o2)n(C)n1. The van der Waals surface area contributed by atoms with Crippen LogP contribution in [-0.4, -0.2) is 25.9 Å². The summed E-state index contributed by atoms with van der Waals surface area (Å²) in [6.07, 6.45) is 0. The van der Waals surface area contributed by atoms with Gasteiger partial charge in [-0.2, -0.15) is 16.4 Å². The van der Waals surface area contributed by atoms with Gasteiger partial charge in [-0.25, -0.2) is 0 Å². The molecule has 0 aliphatic heterocycles. The van der Waals surface area contributed by atoms with Crippen molar-refractivity contribution < 1.29 is 9.21 Å².